The monoisotopic (exact) mass is 723 g/mol. The number of anilines is 1. The van der Waals surface area contributed by atoms with Crippen molar-refractivity contribution < 1.29 is 44.1 Å². The third kappa shape index (κ3) is 8.24. The number of fused-ring (bicyclic) bond motifs is 3. The molecule has 2 bridgehead atoms. The van der Waals surface area contributed by atoms with Crippen LogP contribution in [0.15, 0.2) is 79.1 Å². The van der Waals surface area contributed by atoms with Gasteiger partial charge in [-0.3, -0.25) is 9.80 Å². The van der Waals surface area contributed by atoms with Gasteiger partial charge in [0.05, 0.1) is 32.0 Å². The number of aromatic nitrogens is 1. The van der Waals surface area contributed by atoms with E-state index in [0.29, 0.717) is 56.4 Å². The number of phenols is 1. The standard InChI is InChI=1S/C37H37Cl2N3O7.H2O/c1-46-32-12-11-26(17-34(32)47-2)33(18-27-28(38)19-40-20-29(27)39)48-36(44)25-9-7-23(8-10-25)21-42(30-5-3-4-6-31(30)43)37(45)49-35-22-41-15-13-24(35)14-16-41;/h3-12,17,19-20,24,33,35,43H,13-16,18,21-22H2,1-2H3;1H2/t33-,35-;/m0./s1. The van der Waals surface area contributed by atoms with E-state index in [2.05, 4.69) is 9.88 Å². The quantitative estimate of drug-likeness (QED) is 0.167. The van der Waals surface area contributed by atoms with Gasteiger partial charge in [-0.1, -0.05) is 53.5 Å². The number of ether oxygens (including phenoxy) is 4. The van der Waals surface area contributed by atoms with Crippen molar-refractivity contribution in [1.29, 1.82) is 0 Å². The van der Waals surface area contributed by atoms with Crippen LogP contribution in [0.5, 0.6) is 17.2 Å². The second kappa shape index (κ2) is 16.4. The van der Waals surface area contributed by atoms with Crippen LogP contribution in [0.1, 0.15) is 46.0 Å². The maximum Gasteiger partial charge on any atom is 0.415 e. The van der Waals surface area contributed by atoms with Gasteiger partial charge < -0.3 is 29.5 Å². The van der Waals surface area contributed by atoms with Crippen molar-refractivity contribution in [2.75, 3.05) is 38.8 Å². The first-order chi connectivity index (χ1) is 23.7. The molecule has 3 N–H and O–H groups in total. The van der Waals surface area contributed by atoms with Gasteiger partial charge in [0, 0.05) is 18.5 Å². The minimum absolute atomic E-state index is 0. The summed E-state index contributed by atoms with van der Waals surface area (Å²) in [7, 11) is 3.07. The first-order valence-corrected chi connectivity index (χ1v) is 16.8. The van der Waals surface area contributed by atoms with E-state index in [-0.39, 0.29) is 30.3 Å². The molecule has 3 aliphatic rings. The third-order valence-corrected chi connectivity index (χ3v) is 9.86. The predicted octanol–water partition coefficient (Wildman–Crippen LogP) is 6.73. The zero-order chi connectivity index (χ0) is 34.5. The number of esters is 1. The number of aromatic hydroxyl groups is 1. The fourth-order valence-electron chi connectivity index (χ4n) is 6.44. The SMILES string of the molecule is COc1ccc([C@H](Cc2c(Cl)c[nH+]cc2Cl)OC(=O)c2ccc(CN(C(=O)O[C@H]3CN4CCC3CC4)c3ccccc3O)cc2)cc1OC.[OH-]. The summed E-state index contributed by atoms with van der Waals surface area (Å²) in [6.07, 6.45) is 3.92. The lowest BCUT2D eigenvalue weighted by Gasteiger charge is -2.44. The number of aromatic amines is 1. The molecule has 0 unspecified atom stereocenters. The molecule has 13 heteroatoms. The van der Waals surface area contributed by atoms with Crippen LogP contribution in [0.3, 0.4) is 0 Å². The zero-order valence-electron chi connectivity index (χ0n) is 27.7. The van der Waals surface area contributed by atoms with Crippen LogP contribution < -0.4 is 19.4 Å². The van der Waals surface area contributed by atoms with E-state index in [1.807, 2.05) is 0 Å². The van der Waals surface area contributed by atoms with Gasteiger partial charge in [-0.25, -0.2) is 14.6 Å². The minimum atomic E-state index is -0.776. The van der Waals surface area contributed by atoms with E-state index in [9.17, 15) is 14.7 Å². The molecule has 0 radical (unpaired) electrons. The van der Waals surface area contributed by atoms with E-state index >= 15 is 0 Å². The molecule has 4 aromatic rings. The van der Waals surface area contributed by atoms with Crippen LogP contribution in [0, 0.1) is 5.92 Å². The summed E-state index contributed by atoms with van der Waals surface area (Å²) >= 11 is 12.9. The molecule has 3 aromatic carbocycles. The topological polar surface area (TPSA) is 142 Å². The second-order valence-electron chi connectivity index (χ2n) is 12.2. The summed E-state index contributed by atoms with van der Waals surface area (Å²) in [6.45, 7) is 2.88. The summed E-state index contributed by atoms with van der Waals surface area (Å²) in [4.78, 5) is 33.8. The van der Waals surface area contributed by atoms with Crippen molar-refractivity contribution >= 4 is 41.0 Å². The molecular weight excluding hydrogens is 685 g/mol. The van der Waals surface area contributed by atoms with Gasteiger partial charge in [0.1, 0.15) is 28.0 Å². The highest BCUT2D eigenvalue weighted by atomic mass is 35.5. The summed E-state index contributed by atoms with van der Waals surface area (Å²) in [5, 5.41) is 11.5. The number of carbonyl (C=O) groups excluding carboxylic acids is 2. The Morgan fingerprint density at radius 3 is 2.26 bits per heavy atom. The molecule has 50 heavy (non-hydrogen) atoms. The predicted molar refractivity (Wildman–Crippen MR) is 187 cm³/mol. The molecule has 0 aliphatic carbocycles. The molecule has 3 aliphatic heterocycles. The van der Waals surface area contributed by atoms with Gasteiger partial charge in [0.15, 0.2) is 23.9 Å². The number of benzene rings is 3. The molecular formula is C37H39Cl2N3O8. The summed E-state index contributed by atoms with van der Waals surface area (Å²) < 4.78 is 23.0. The molecule has 11 nitrogen and oxygen atoms in total. The molecule has 1 amide bonds. The molecule has 4 heterocycles. The smallest absolute Gasteiger partial charge is 0.415 e. The first kappa shape index (κ1) is 36.7. The van der Waals surface area contributed by atoms with Gasteiger partial charge in [-0.2, -0.15) is 0 Å². The number of amides is 1. The molecule has 3 fully saturated rings. The van der Waals surface area contributed by atoms with E-state index in [4.69, 9.17) is 42.1 Å². The average Bonchev–Trinajstić information content (AvgIpc) is 3.12. The summed E-state index contributed by atoms with van der Waals surface area (Å²) in [5.41, 5.74) is 2.63. The van der Waals surface area contributed by atoms with Crippen LogP contribution in [0.2, 0.25) is 10.0 Å². The number of piperidine rings is 3. The number of carbonyl (C=O) groups is 2. The van der Waals surface area contributed by atoms with Crippen LogP contribution in [0.4, 0.5) is 10.5 Å². The normalized spacial score (nSPS) is 18.4. The zero-order valence-corrected chi connectivity index (χ0v) is 29.2. The number of H-pyrrole nitrogens is 1. The summed E-state index contributed by atoms with van der Waals surface area (Å²) in [5.74, 6) is 0.736. The van der Waals surface area contributed by atoms with Crippen molar-refractivity contribution in [3.8, 4) is 17.2 Å². The number of methoxy groups -OCH3 is 2. The maximum atomic E-state index is 13.6. The van der Waals surface area contributed by atoms with Gasteiger partial charge in [0.2, 0.25) is 0 Å². The lowest BCUT2D eigenvalue weighted by atomic mass is 9.86. The molecule has 0 saturated carbocycles. The number of rotatable bonds is 11. The number of hydrogen-bond acceptors (Lipinski definition) is 9. The Morgan fingerprint density at radius 2 is 1.64 bits per heavy atom. The lowest BCUT2D eigenvalue weighted by molar-refractivity contribution is -0.377. The second-order valence-corrected chi connectivity index (χ2v) is 13.0. The number of halogens is 2. The van der Waals surface area contributed by atoms with Crippen molar-refractivity contribution in [2.24, 2.45) is 5.92 Å². The van der Waals surface area contributed by atoms with Gasteiger partial charge >= 0.3 is 12.1 Å². The molecule has 2 atom stereocenters. The Balaban J connectivity index is 0.00000486. The highest BCUT2D eigenvalue weighted by Gasteiger charge is 2.37. The minimum Gasteiger partial charge on any atom is -0.870 e. The molecule has 3 saturated heterocycles. The van der Waals surface area contributed by atoms with E-state index < -0.39 is 18.2 Å². The lowest BCUT2D eigenvalue weighted by Crippen LogP contribution is -2.53. The Hall–Kier alpha value is -4.55. The molecule has 1 aromatic heterocycles. The number of nitrogens with zero attached hydrogens (tertiary/aromatic N) is 2. The van der Waals surface area contributed by atoms with Crippen molar-refractivity contribution in [3.05, 3.63) is 111 Å². The number of para-hydroxylation sites is 2. The van der Waals surface area contributed by atoms with E-state index in [1.165, 1.54) is 18.1 Å². The summed E-state index contributed by atoms with van der Waals surface area (Å²) in [6, 6.07) is 18.7. The third-order valence-electron chi connectivity index (χ3n) is 9.19. The van der Waals surface area contributed by atoms with Crippen LogP contribution in [0.25, 0.3) is 0 Å². The number of phenolic OH excluding ortho intramolecular Hbond substituents is 1. The Labute approximate surface area is 300 Å². The maximum absolute atomic E-state index is 13.6. The Morgan fingerprint density at radius 1 is 0.960 bits per heavy atom. The van der Waals surface area contributed by atoms with Crippen molar-refractivity contribution in [2.45, 2.75) is 38.0 Å². The van der Waals surface area contributed by atoms with Crippen LogP contribution >= 0.6 is 23.2 Å². The van der Waals surface area contributed by atoms with E-state index in [0.717, 1.165) is 31.5 Å². The Bertz CT molecular complexity index is 1780. The largest absolute Gasteiger partial charge is 0.870 e. The van der Waals surface area contributed by atoms with Crippen molar-refractivity contribution in [1.82, 2.24) is 4.90 Å². The fourth-order valence-corrected chi connectivity index (χ4v) is 6.97. The van der Waals surface area contributed by atoms with Crippen molar-refractivity contribution in [3.63, 3.8) is 0 Å². The molecule has 264 valence electrons. The number of pyridine rings is 1. The Kier molecular flexibility index (Phi) is 12.1. The number of nitrogens with one attached hydrogen (secondary N) is 1. The number of hydrogen-bond donors (Lipinski definition) is 1. The van der Waals surface area contributed by atoms with Gasteiger partial charge in [-0.05, 0) is 79.4 Å². The van der Waals surface area contributed by atoms with Crippen LogP contribution in [-0.2, 0) is 22.4 Å². The van der Waals surface area contributed by atoms with Gasteiger partial charge in [0.25, 0.3) is 0 Å². The average molecular weight is 725 g/mol. The highest BCUT2D eigenvalue weighted by molar-refractivity contribution is 6.35. The molecule has 0 spiro atoms. The van der Waals surface area contributed by atoms with E-state index in [1.54, 1.807) is 80.2 Å². The van der Waals surface area contributed by atoms with Crippen LogP contribution in [-0.4, -0.2) is 67.5 Å². The van der Waals surface area contributed by atoms with Gasteiger partial charge in [-0.15, -0.1) is 0 Å². The fraction of sp³-hybridized carbons (Fsp3) is 0.324. The first-order valence-electron chi connectivity index (χ1n) is 16.1. The molecule has 7 rings (SSSR count). The highest BCUT2D eigenvalue weighted by Crippen LogP contribution is 2.36.